The largest absolute Gasteiger partial charge is 0.495 e. The zero-order chi connectivity index (χ0) is 13.1. The van der Waals surface area contributed by atoms with Gasteiger partial charge in [-0.15, -0.1) is 0 Å². The van der Waals surface area contributed by atoms with Gasteiger partial charge in [0.25, 0.3) is 0 Å². The molecule has 0 bridgehead atoms. The summed E-state index contributed by atoms with van der Waals surface area (Å²) in [4.78, 5) is 24.1. The first-order chi connectivity index (χ1) is 8.63. The van der Waals surface area contributed by atoms with Gasteiger partial charge in [-0.2, -0.15) is 0 Å². The van der Waals surface area contributed by atoms with Crippen LogP contribution in [0, 0.1) is 0 Å². The van der Waals surface area contributed by atoms with E-state index >= 15 is 0 Å². The van der Waals surface area contributed by atoms with Crippen molar-refractivity contribution in [2.24, 2.45) is 0 Å². The molecule has 18 heavy (non-hydrogen) atoms. The average molecular weight is 250 g/mol. The summed E-state index contributed by atoms with van der Waals surface area (Å²) in [5, 5.41) is 11.6. The van der Waals surface area contributed by atoms with Crippen LogP contribution in [0.15, 0.2) is 18.2 Å². The maximum Gasteiger partial charge on any atom is 0.335 e. The highest BCUT2D eigenvalue weighted by Crippen LogP contribution is 2.30. The Morgan fingerprint density at radius 2 is 2.28 bits per heavy atom. The molecule has 0 radical (unpaired) electrons. The maximum atomic E-state index is 11.7. The number of carboxylic acids is 1. The lowest BCUT2D eigenvalue weighted by molar-refractivity contribution is 0.0696. The van der Waals surface area contributed by atoms with Gasteiger partial charge in [0.1, 0.15) is 5.75 Å². The number of hydrogen-bond acceptors (Lipinski definition) is 3. The lowest BCUT2D eigenvalue weighted by atomic mass is 10.1. The van der Waals surface area contributed by atoms with Gasteiger partial charge < -0.3 is 15.2 Å². The molecule has 1 heterocycles. The van der Waals surface area contributed by atoms with Gasteiger partial charge in [0.15, 0.2) is 0 Å². The van der Waals surface area contributed by atoms with Crippen LogP contribution < -0.4 is 15.0 Å². The van der Waals surface area contributed by atoms with Crippen LogP contribution in [-0.2, 0) is 0 Å². The van der Waals surface area contributed by atoms with Crippen LogP contribution in [0.1, 0.15) is 16.8 Å². The molecule has 1 aliphatic rings. The van der Waals surface area contributed by atoms with Gasteiger partial charge in [-0.05, 0) is 24.6 Å². The number of aromatic carboxylic acids is 1. The fourth-order valence-corrected chi connectivity index (χ4v) is 1.89. The van der Waals surface area contributed by atoms with Gasteiger partial charge in [-0.1, -0.05) is 0 Å². The molecule has 2 amide bonds. The molecule has 6 nitrogen and oxygen atoms in total. The zero-order valence-corrected chi connectivity index (χ0v) is 9.97. The Morgan fingerprint density at radius 1 is 1.50 bits per heavy atom. The van der Waals surface area contributed by atoms with Crippen molar-refractivity contribution in [3.05, 3.63) is 23.8 Å². The Hall–Kier alpha value is -2.24. The molecule has 1 aromatic carbocycles. The van der Waals surface area contributed by atoms with E-state index in [2.05, 4.69) is 5.32 Å². The number of rotatable bonds is 3. The third-order valence-corrected chi connectivity index (χ3v) is 2.80. The minimum atomic E-state index is -1.03. The van der Waals surface area contributed by atoms with Crippen LogP contribution in [0.2, 0.25) is 0 Å². The van der Waals surface area contributed by atoms with Gasteiger partial charge in [0, 0.05) is 13.1 Å². The summed E-state index contributed by atoms with van der Waals surface area (Å²) in [6.45, 7) is 1.25. The molecule has 1 fully saturated rings. The summed E-state index contributed by atoms with van der Waals surface area (Å²) in [5.41, 5.74) is 0.715. The van der Waals surface area contributed by atoms with Gasteiger partial charge in [0.05, 0.1) is 18.4 Å². The third-order valence-electron chi connectivity index (χ3n) is 2.80. The second-order valence-electron chi connectivity index (χ2n) is 3.93. The lowest BCUT2D eigenvalue weighted by Gasteiger charge is -2.28. The standard InChI is InChI=1S/C12H14N2O4/c1-18-10-7-8(11(15)16)3-4-9(10)14-6-2-5-13-12(14)17/h3-4,7H,2,5-6H2,1H3,(H,13,17)(H,15,16). The second-order valence-corrected chi connectivity index (χ2v) is 3.93. The lowest BCUT2D eigenvalue weighted by Crippen LogP contribution is -2.46. The summed E-state index contributed by atoms with van der Waals surface area (Å²) < 4.78 is 5.15. The van der Waals surface area contributed by atoms with Crippen molar-refractivity contribution in [3.63, 3.8) is 0 Å². The van der Waals surface area contributed by atoms with E-state index in [9.17, 15) is 9.59 Å². The fraction of sp³-hybridized carbons (Fsp3) is 0.333. The predicted octanol–water partition coefficient (Wildman–Crippen LogP) is 1.31. The van der Waals surface area contributed by atoms with Crippen molar-refractivity contribution in [2.45, 2.75) is 6.42 Å². The number of carbonyl (C=O) groups excluding carboxylic acids is 1. The molecule has 0 aliphatic carbocycles. The van der Waals surface area contributed by atoms with Crippen molar-refractivity contribution in [1.29, 1.82) is 0 Å². The SMILES string of the molecule is COc1cc(C(=O)O)ccc1N1CCCNC1=O. The van der Waals surface area contributed by atoms with E-state index in [0.29, 0.717) is 24.5 Å². The van der Waals surface area contributed by atoms with Crippen LogP contribution in [0.3, 0.4) is 0 Å². The highest BCUT2D eigenvalue weighted by atomic mass is 16.5. The molecule has 1 aliphatic heterocycles. The first-order valence-corrected chi connectivity index (χ1v) is 5.60. The van der Waals surface area contributed by atoms with E-state index in [1.807, 2.05) is 0 Å². The topological polar surface area (TPSA) is 78.9 Å². The Morgan fingerprint density at radius 3 is 2.89 bits per heavy atom. The van der Waals surface area contributed by atoms with Gasteiger partial charge in [0.2, 0.25) is 0 Å². The van der Waals surface area contributed by atoms with Crippen LogP contribution in [0.4, 0.5) is 10.5 Å². The molecule has 2 N–H and O–H groups in total. The molecule has 96 valence electrons. The molecule has 0 unspecified atom stereocenters. The van der Waals surface area contributed by atoms with Crippen LogP contribution >= 0.6 is 0 Å². The van der Waals surface area contributed by atoms with Gasteiger partial charge >= 0.3 is 12.0 Å². The molecule has 0 saturated carbocycles. The van der Waals surface area contributed by atoms with Crippen LogP contribution in [0.25, 0.3) is 0 Å². The van der Waals surface area contributed by atoms with Crippen molar-refractivity contribution in [1.82, 2.24) is 5.32 Å². The number of urea groups is 1. The smallest absolute Gasteiger partial charge is 0.335 e. The van der Waals surface area contributed by atoms with Crippen LogP contribution in [-0.4, -0.2) is 37.3 Å². The van der Waals surface area contributed by atoms with Gasteiger partial charge in [-0.3, -0.25) is 4.90 Å². The number of nitrogens with one attached hydrogen (secondary N) is 1. The molecule has 0 atom stereocenters. The highest BCUT2D eigenvalue weighted by Gasteiger charge is 2.22. The number of benzene rings is 1. The Balaban J connectivity index is 2.37. The van der Waals surface area contributed by atoms with E-state index in [1.165, 1.54) is 19.2 Å². The summed E-state index contributed by atoms with van der Waals surface area (Å²) in [7, 11) is 1.45. The van der Waals surface area contributed by atoms with E-state index in [0.717, 1.165) is 6.42 Å². The molecule has 1 aromatic rings. The monoisotopic (exact) mass is 250 g/mol. The summed E-state index contributed by atoms with van der Waals surface area (Å²) in [6, 6.07) is 4.28. The number of anilines is 1. The first kappa shape index (κ1) is 12.2. The molecular formula is C12H14N2O4. The van der Waals surface area contributed by atoms with Crippen molar-refractivity contribution < 1.29 is 19.4 Å². The Bertz CT molecular complexity index is 487. The van der Waals surface area contributed by atoms with E-state index in [-0.39, 0.29) is 11.6 Å². The average Bonchev–Trinajstić information content (AvgIpc) is 2.38. The number of ether oxygens (including phenoxy) is 1. The Labute approximate surface area is 104 Å². The van der Waals surface area contributed by atoms with E-state index in [1.54, 1.807) is 11.0 Å². The number of carboxylic acid groups (broad SMARTS) is 1. The molecule has 1 saturated heterocycles. The number of hydrogen-bond donors (Lipinski definition) is 2. The number of carbonyl (C=O) groups is 2. The molecular weight excluding hydrogens is 236 g/mol. The number of methoxy groups -OCH3 is 1. The summed E-state index contributed by atoms with van der Waals surface area (Å²) in [6.07, 6.45) is 0.843. The van der Waals surface area contributed by atoms with Crippen LogP contribution in [0.5, 0.6) is 5.75 Å². The number of amides is 2. The van der Waals surface area contributed by atoms with Crippen molar-refractivity contribution in [3.8, 4) is 5.75 Å². The maximum absolute atomic E-state index is 11.7. The molecule has 6 heteroatoms. The minimum absolute atomic E-state index is 0.132. The van der Waals surface area contributed by atoms with Gasteiger partial charge in [-0.25, -0.2) is 9.59 Å². The molecule has 0 aromatic heterocycles. The van der Waals surface area contributed by atoms with Crippen molar-refractivity contribution >= 4 is 17.7 Å². The molecule has 2 rings (SSSR count). The second kappa shape index (κ2) is 4.95. The third kappa shape index (κ3) is 2.22. The zero-order valence-electron chi connectivity index (χ0n) is 9.97. The Kier molecular flexibility index (Phi) is 3.36. The minimum Gasteiger partial charge on any atom is -0.495 e. The summed E-state index contributed by atoms with van der Waals surface area (Å²) in [5.74, 6) is -0.644. The quantitative estimate of drug-likeness (QED) is 0.847. The highest BCUT2D eigenvalue weighted by molar-refractivity contribution is 5.96. The predicted molar refractivity (Wildman–Crippen MR) is 65.3 cm³/mol. The van der Waals surface area contributed by atoms with E-state index < -0.39 is 5.97 Å². The van der Waals surface area contributed by atoms with Crippen molar-refractivity contribution in [2.75, 3.05) is 25.1 Å². The normalized spacial score (nSPS) is 15.2. The first-order valence-electron chi connectivity index (χ1n) is 5.60. The fourth-order valence-electron chi connectivity index (χ4n) is 1.89. The van der Waals surface area contributed by atoms with E-state index in [4.69, 9.17) is 9.84 Å². The molecule has 0 spiro atoms. The number of nitrogens with zero attached hydrogens (tertiary/aromatic N) is 1. The summed E-state index contributed by atoms with van der Waals surface area (Å²) >= 11 is 0.